The van der Waals surface area contributed by atoms with Gasteiger partial charge in [-0.3, -0.25) is 9.59 Å². The van der Waals surface area contributed by atoms with Gasteiger partial charge in [-0.15, -0.1) is 0 Å². The first-order valence-electron chi connectivity index (χ1n) is 6.72. The molecule has 1 aromatic rings. The quantitative estimate of drug-likeness (QED) is 0.849. The largest absolute Gasteiger partial charge is 0.334 e. The highest BCUT2D eigenvalue weighted by Crippen LogP contribution is 2.24. The molecule has 5 heteroatoms. The fourth-order valence-corrected chi connectivity index (χ4v) is 2.71. The molecular formula is C14H21N3O2. The van der Waals surface area contributed by atoms with Crippen LogP contribution in [0.2, 0.25) is 0 Å². The summed E-state index contributed by atoms with van der Waals surface area (Å²) in [5.41, 5.74) is 6.08. The molecular weight excluding hydrogens is 242 g/mol. The van der Waals surface area contributed by atoms with Crippen LogP contribution in [0.25, 0.3) is 0 Å². The zero-order valence-corrected chi connectivity index (χ0v) is 11.5. The van der Waals surface area contributed by atoms with Crippen LogP contribution in [0.4, 0.5) is 0 Å². The summed E-state index contributed by atoms with van der Waals surface area (Å²) in [6.07, 6.45) is 3.72. The summed E-state index contributed by atoms with van der Waals surface area (Å²) in [6.45, 7) is 3.32. The number of carbonyl (C=O) groups excluding carboxylic acids is 1. The van der Waals surface area contributed by atoms with Gasteiger partial charge in [0, 0.05) is 44.0 Å². The zero-order valence-electron chi connectivity index (χ0n) is 11.5. The van der Waals surface area contributed by atoms with Crippen molar-refractivity contribution in [3.8, 4) is 0 Å². The van der Waals surface area contributed by atoms with E-state index in [1.165, 1.54) is 10.6 Å². The number of pyridine rings is 1. The van der Waals surface area contributed by atoms with Crippen molar-refractivity contribution in [3.63, 3.8) is 0 Å². The van der Waals surface area contributed by atoms with Gasteiger partial charge in [-0.2, -0.15) is 0 Å². The molecule has 1 fully saturated rings. The third-order valence-corrected chi connectivity index (χ3v) is 3.97. The Balaban J connectivity index is 2.26. The number of aromatic nitrogens is 1. The van der Waals surface area contributed by atoms with Crippen LogP contribution in [0.1, 0.15) is 30.1 Å². The number of hydrogen-bond donors (Lipinski definition) is 1. The summed E-state index contributed by atoms with van der Waals surface area (Å²) in [5, 5.41) is 0. The topological polar surface area (TPSA) is 68.3 Å². The minimum absolute atomic E-state index is 0.0744. The first kappa shape index (κ1) is 13.8. The Bertz CT molecular complexity index is 524. The smallest absolute Gasteiger partial charge is 0.254 e. The maximum atomic E-state index is 12.5. The summed E-state index contributed by atoms with van der Waals surface area (Å²) >= 11 is 0. The Morgan fingerprint density at radius 3 is 2.89 bits per heavy atom. The Hall–Kier alpha value is -1.62. The van der Waals surface area contributed by atoms with Gasteiger partial charge in [-0.1, -0.05) is 6.92 Å². The molecule has 2 atom stereocenters. The summed E-state index contributed by atoms with van der Waals surface area (Å²) in [6, 6.07) is 3.16. The van der Waals surface area contributed by atoms with Crippen LogP contribution in [0, 0.1) is 5.92 Å². The molecule has 1 amide bonds. The Kier molecular flexibility index (Phi) is 4.04. The van der Waals surface area contributed by atoms with Gasteiger partial charge in [0.15, 0.2) is 0 Å². The lowest BCUT2D eigenvalue weighted by Crippen LogP contribution is -2.51. The van der Waals surface area contributed by atoms with E-state index in [0.29, 0.717) is 18.0 Å². The second kappa shape index (κ2) is 5.57. The maximum absolute atomic E-state index is 12.5. The minimum atomic E-state index is -0.166. The van der Waals surface area contributed by atoms with E-state index in [9.17, 15) is 9.59 Å². The van der Waals surface area contributed by atoms with E-state index in [0.717, 1.165) is 19.4 Å². The average molecular weight is 263 g/mol. The molecule has 19 heavy (non-hydrogen) atoms. The number of amides is 1. The van der Waals surface area contributed by atoms with Crippen LogP contribution in [-0.4, -0.2) is 34.5 Å². The fraction of sp³-hybridized carbons (Fsp3) is 0.571. The van der Waals surface area contributed by atoms with E-state index in [2.05, 4.69) is 6.92 Å². The molecule has 1 aliphatic heterocycles. The number of hydrogen-bond acceptors (Lipinski definition) is 3. The summed E-state index contributed by atoms with van der Waals surface area (Å²) < 4.78 is 1.45. The molecule has 2 heterocycles. The van der Waals surface area contributed by atoms with Gasteiger partial charge >= 0.3 is 0 Å². The van der Waals surface area contributed by atoms with Crippen LogP contribution < -0.4 is 11.3 Å². The van der Waals surface area contributed by atoms with Gasteiger partial charge in [0.1, 0.15) is 0 Å². The molecule has 0 bridgehead atoms. The molecule has 0 spiro atoms. The molecule has 0 aliphatic carbocycles. The second-order valence-corrected chi connectivity index (χ2v) is 5.29. The normalized spacial score (nSPS) is 23.4. The van der Waals surface area contributed by atoms with Crippen LogP contribution >= 0.6 is 0 Å². The monoisotopic (exact) mass is 263 g/mol. The lowest BCUT2D eigenvalue weighted by atomic mass is 9.90. The van der Waals surface area contributed by atoms with E-state index in [1.807, 2.05) is 4.90 Å². The highest BCUT2D eigenvalue weighted by molar-refractivity contribution is 5.94. The van der Waals surface area contributed by atoms with Crippen molar-refractivity contribution in [1.82, 2.24) is 9.47 Å². The molecule has 0 radical (unpaired) electrons. The highest BCUT2D eigenvalue weighted by atomic mass is 16.2. The van der Waals surface area contributed by atoms with Crippen molar-refractivity contribution in [2.75, 3.05) is 13.1 Å². The predicted octanol–water partition coefficient (Wildman–Crippen LogP) is 0.585. The van der Waals surface area contributed by atoms with Gasteiger partial charge < -0.3 is 15.2 Å². The van der Waals surface area contributed by atoms with E-state index < -0.39 is 0 Å². The number of aryl methyl sites for hydroxylation is 1. The van der Waals surface area contributed by atoms with Crippen LogP contribution in [0.3, 0.4) is 0 Å². The lowest BCUT2D eigenvalue weighted by molar-refractivity contribution is 0.0532. The van der Waals surface area contributed by atoms with Crippen molar-refractivity contribution >= 4 is 5.91 Å². The van der Waals surface area contributed by atoms with Crippen LogP contribution in [0.5, 0.6) is 0 Å². The van der Waals surface area contributed by atoms with Crippen LogP contribution in [-0.2, 0) is 7.05 Å². The molecule has 2 unspecified atom stereocenters. The summed E-state index contributed by atoms with van der Waals surface area (Å²) in [4.78, 5) is 25.9. The van der Waals surface area contributed by atoms with Crippen LogP contribution in [0.15, 0.2) is 23.1 Å². The molecule has 1 aromatic heterocycles. The number of nitrogens with two attached hydrogens (primary N) is 1. The second-order valence-electron chi connectivity index (χ2n) is 5.29. The fourth-order valence-electron chi connectivity index (χ4n) is 2.71. The third kappa shape index (κ3) is 2.71. The van der Waals surface area contributed by atoms with Crippen molar-refractivity contribution < 1.29 is 4.79 Å². The van der Waals surface area contributed by atoms with E-state index >= 15 is 0 Å². The standard InChI is InChI=1S/C14H21N3O2/c1-10-4-3-6-17(12(10)9-15)14(19)11-5-7-16(2)13(18)8-11/h5,7-8,10,12H,3-4,6,9,15H2,1-2H3. The SMILES string of the molecule is CC1CCCN(C(=O)c2ccn(C)c(=O)c2)C1CN. The van der Waals surface area contributed by atoms with Gasteiger partial charge in [0.2, 0.25) is 0 Å². The van der Waals surface area contributed by atoms with Crippen molar-refractivity contribution in [2.45, 2.75) is 25.8 Å². The highest BCUT2D eigenvalue weighted by Gasteiger charge is 2.31. The lowest BCUT2D eigenvalue weighted by Gasteiger charge is -2.39. The minimum Gasteiger partial charge on any atom is -0.334 e. The maximum Gasteiger partial charge on any atom is 0.254 e. The first-order valence-corrected chi connectivity index (χ1v) is 6.72. The average Bonchev–Trinajstić information content (AvgIpc) is 2.40. The van der Waals surface area contributed by atoms with E-state index in [-0.39, 0.29) is 17.5 Å². The molecule has 2 N–H and O–H groups in total. The van der Waals surface area contributed by atoms with Crippen molar-refractivity contribution in [2.24, 2.45) is 18.7 Å². The number of carbonyl (C=O) groups is 1. The summed E-state index contributed by atoms with van der Waals surface area (Å²) in [7, 11) is 1.67. The third-order valence-electron chi connectivity index (χ3n) is 3.97. The van der Waals surface area contributed by atoms with E-state index in [4.69, 9.17) is 5.73 Å². The van der Waals surface area contributed by atoms with Gasteiger partial charge in [0.25, 0.3) is 11.5 Å². The Morgan fingerprint density at radius 2 is 2.26 bits per heavy atom. The number of piperidine rings is 1. The molecule has 1 saturated heterocycles. The predicted molar refractivity (Wildman–Crippen MR) is 74.0 cm³/mol. The number of likely N-dealkylation sites (tertiary alicyclic amines) is 1. The number of nitrogens with zero attached hydrogens (tertiary/aromatic N) is 2. The summed E-state index contributed by atoms with van der Waals surface area (Å²) in [5.74, 6) is 0.328. The number of rotatable bonds is 2. The Labute approximate surface area is 113 Å². The Morgan fingerprint density at radius 1 is 1.53 bits per heavy atom. The van der Waals surface area contributed by atoms with E-state index in [1.54, 1.807) is 19.3 Å². The zero-order chi connectivity index (χ0) is 14.0. The molecule has 104 valence electrons. The molecule has 0 saturated carbocycles. The molecule has 1 aliphatic rings. The van der Waals surface area contributed by atoms with Crippen molar-refractivity contribution in [3.05, 3.63) is 34.2 Å². The van der Waals surface area contributed by atoms with Gasteiger partial charge in [-0.25, -0.2) is 0 Å². The first-order chi connectivity index (χ1) is 9.04. The van der Waals surface area contributed by atoms with Gasteiger partial charge in [0.05, 0.1) is 0 Å². The van der Waals surface area contributed by atoms with Crippen molar-refractivity contribution in [1.29, 1.82) is 0 Å². The molecule has 5 nitrogen and oxygen atoms in total. The molecule has 2 rings (SSSR count). The van der Waals surface area contributed by atoms with Gasteiger partial charge in [-0.05, 0) is 24.8 Å². The molecule has 0 aromatic carbocycles.